The fourth-order valence-corrected chi connectivity index (χ4v) is 2.49. The number of halogens is 1. The number of guanidine groups is 1. The van der Waals surface area contributed by atoms with Crippen LogP contribution >= 0.6 is 24.0 Å². The Balaban J connectivity index is 0.00000225. The highest BCUT2D eigenvalue weighted by Gasteiger charge is 2.20. The Morgan fingerprint density at radius 1 is 1.28 bits per heavy atom. The number of pyridine rings is 1. The monoisotopic (exact) mass is 458 g/mol. The first-order valence-electron chi connectivity index (χ1n) is 8.67. The zero-order valence-corrected chi connectivity index (χ0v) is 17.0. The predicted octanol–water partition coefficient (Wildman–Crippen LogP) is 1.87. The van der Waals surface area contributed by atoms with Gasteiger partial charge in [0, 0.05) is 46.0 Å². The molecule has 0 bridgehead atoms. The molecule has 1 aliphatic carbocycles. The summed E-state index contributed by atoms with van der Waals surface area (Å²) in [5.41, 5.74) is 0.876. The smallest absolute Gasteiger partial charge is 0.190 e. The molecule has 0 spiro atoms. The number of aromatic nitrogens is 3. The minimum Gasteiger partial charge on any atom is -0.381 e. The molecule has 0 saturated heterocycles. The normalized spacial score (nSPS) is 14.4. The van der Waals surface area contributed by atoms with Gasteiger partial charge >= 0.3 is 0 Å². The lowest BCUT2D eigenvalue weighted by atomic mass is 10.4. The SMILES string of the molecule is CN=C(NCCCOCC1CC1)NCCc1nnc2ccccn12.I. The third-order valence-corrected chi connectivity index (χ3v) is 4.06. The van der Waals surface area contributed by atoms with Crippen LogP contribution in [0.25, 0.3) is 5.65 Å². The summed E-state index contributed by atoms with van der Waals surface area (Å²) in [6, 6.07) is 5.90. The second kappa shape index (κ2) is 10.5. The number of nitrogens with zero attached hydrogens (tertiary/aromatic N) is 4. The number of hydrogen-bond donors (Lipinski definition) is 2. The molecule has 0 aliphatic heterocycles. The average molecular weight is 458 g/mol. The van der Waals surface area contributed by atoms with E-state index in [4.69, 9.17) is 4.74 Å². The van der Waals surface area contributed by atoms with Gasteiger partial charge in [-0.15, -0.1) is 34.2 Å². The van der Waals surface area contributed by atoms with E-state index in [1.807, 2.05) is 28.8 Å². The third kappa shape index (κ3) is 6.43. The van der Waals surface area contributed by atoms with Gasteiger partial charge in [0.15, 0.2) is 11.6 Å². The lowest BCUT2D eigenvalue weighted by molar-refractivity contribution is 0.123. The van der Waals surface area contributed by atoms with Gasteiger partial charge in [0.05, 0.1) is 0 Å². The van der Waals surface area contributed by atoms with Gasteiger partial charge in [-0.1, -0.05) is 6.07 Å². The predicted molar refractivity (Wildman–Crippen MR) is 110 cm³/mol. The molecule has 0 radical (unpaired) electrons. The Kier molecular flexibility index (Phi) is 8.39. The second-order valence-electron chi connectivity index (χ2n) is 6.09. The fraction of sp³-hybridized carbons (Fsp3) is 0.588. The van der Waals surface area contributed by atoms with Gasteiger partial charge in [0.25, 0.3) is 0 Å². The molecule has 1 aliphatic rings. The van der Waals surface area contributed by atoms with E-state index in [0.717, 1.165) is 62.5 Å². The molecule has 0 unspecified atom stereocenters. The van der Waals surface area contributed by atoms with Crippen LogP contribution in [-0.2, 0) is 11.2 Å². The molecular formula is C17H27IN6O. The quantitative estimate of drug-likeness (QED) is 0.260. The summed E-state index contributed by atoms with van der Waals surface area (Å²) in [6.45, 7) is 3.36. The largest absolute Gasteiger partial charge is 0.381 e. The maximum absolute atomic E-state index is 5.63. The van der Waals surface area contributed by atoms with E-state index < -0.39 is 0 Å². The van der Waals surface area contributed by atoms with Gasteiger partial charge in [-0.25, -0.2) is 0 Å². The molecule has 138 valence electrons. The lowest BCUT2D eigenvalue weighted by Gasteiger charge is -2.11. The van der Waals surface area contributed by atoms with Crippen LogP contribution in [0.5, 0.6) is 0 Å². The molecular weight excluding hydrogens is 431 g/mol. The van der Waals surface area contributed by atoms with Gasteiger partial charge in [0.1, 0.15) is 5.82 Å². The molecule has 2 aromatic heterocycles. The van der Waals surface area contributed by atoms with Crippen LogP contribution in [0.1, 0.15) is 25.1 Å². The summed E-state index contributed by atoms with van der Waals surface area (Å²) in [6.07, 6.45) is 6.45. The number of hydrogen-bond acceptors (Lipinski definition) is 4. The highest BCUT2D eigenvalue weighted by molar-refractivity contribution is 14.0. The molecule has 2 aromatic rings. The molecule has 8 heteroatoms. The first-order chi connectivity index (χ1) is 11.9. The number of aliphatic imine (C=N–C) groups is 1. The van der Waals surface area contributed by atoms with Gasteiger partial charge in [0.2, 0.25) is 0 Å². The summed E-state index contributed by atoms with van der Waals surface area (Å²) >= 11 is 0. The molecule has 2 N–H and O–H groups in total. The van der Waals surface area contributed by atoms with Crippen molar-refractivity contribution in [3.63, 3.8) is 0 Å². The molecule has 0 amide bonds. The minimum absolute atomic E-state index is 0. The zero-order chi connectivity index (χ0) is 16.6. The Bertz CT molecular complexity index is 670. The molecule has 7 nitrogen and oxygen atoms in total. The van der Waals surface area contributed by atoms with E-state index in [-0.39, 0.29) is 24.0 Å². The Morgan fingerprint density at radius 3 is 2.92 bits per heavy atom. The van der Waals surface area contributed by atoms with Crippen molar-refractivity contribution in [2.45, 2.75) is 25.7 Å². The standard InChI is InChI=1S/C17H26N6O.HI/c1-18-17(19-9-4-12-24-13-14-6-7-14)20-10-8-16-22-21-15-5-2-3-11-23(15)16;/h2-3,5,11,14H,4,6-10,12-13H2,1H3,(H2,18,19,20);1H. The zero-order valence-electron chi connectivity index (χ0n) is 14.6. The highest BCUT2D eigenvalue weighted by Crippen LogP contribution is 2.28. The van der Waals surface area contributed by atoms with Crippen molar-refractivity contribution in [1.82, 2.24) is 25.2 Å². The van der Waals surface area contributed by atoms with Gasteiger partial charge < -0.3 is 15.4 Å². The number of ether oxygens (including phenoxy) is 1. The van der Waals surface area contributed by atoms with E-state index >= 15 is 0 Å². The van der Waals surface area contributed by atoms with E-state index in [2.05, 4.69) is 25.8 Å². The number of rotatable bonds is 9. The van der Waals surface area contributed by atoms with Crippen LogP contribution in [-0.4, -0.2) is 53.9 Å². The molecule has 0 atom stereocenters. The maximum Gasteiger partial charge on any atom is 0.190 e. The average Bonchev–Trinajstić information content (AvgIpc) is 3.35. The van der Waals surface area contributed by atoms with Crippen molar-refractivity contribution >= 4 is 35.6 Å². The summed E-state index contributed by atoms with van der Waals surface area (Å²) in [7, 11) is 1.78. The van der Waals surface area contributed by atoms with Crippen LogP contribution < -0.4 is 10.6 Å². The fourth-order valence-electron chi connectivity index (χ4n) is 2.49. The molecule has 1 fully saturated rings. The van der Waals surface area contributed by atoms with Crippen molar-refractivity contribution in [1.29, 1.82) is 0 Å². The summed E-state index contributed by atoms with van der Waals surface area (Å²) in [4.78, 5) is 4.24. The van der Waals surface area contributed by atoms with Crippen molar-refractivity contribution in [2.75, 3.05) is 33.4 Å². The number of nitrogens with one attached hydrogen (secondary N) is 2. The first kappa shape index (κ1) is 19.9. The molecule has 1 saturated carbocycles. The highest BCUT2D eigenvalue weighted by atomic mass is 127. The van der Waals surface area contributed by atoms with Crippen molar-refractivity contribution in [3.8, 4) is 0 Å². The van der Waals surface area contributed by atoms with Crippen molar-refractivity contribution in [3.05, 3.63) is 30.2 Å². The molecule has 3 rings (SSSR count). The third-order valence-electron chi connectivity index (χ3n) is 4.06. The van der Waals surface area contributed by atoms with E-state index in [1.165, 1.54) is 12.8 Å². The topological polar surface area (TPSA) is 75.8 Å². The Hall–Kier alpha value is -1.42. The first-order valence-corrected chi connectivity index (χ1v) is 8.67. The van der Waals surface area contributed by atoms with Crippen LogP contribution in [0.4, 0.5) is 0 Å². The van der Waals surface area contributed by atoms with Crippen molar-refractivity contribution < 1.29 is 4.74 Å². The molecule has 0 aromatic carbocycles. The van der Waals surface area contributed by atoms with E-state index in [0.29, 0.717) is 0 Å². The van der Waals surface area contributed by atoms with E-state index in [1.54, 1.807) is 7.05 Å². The van der Waals surface area contributed by atoms with Crippen LogP contribution in [0.3, 0.4) is 0 Å². The second-order valence-corrected chi connectivity index (χ2v) is 6.09. The van der Waals surface area contributed by atoms with Gasteiger partial charge in [-0.05, 0) is 37.3 Å². The Morgan fingerprint density at radius 2 is 2.12 bits per heavy atom. The van der Waals surface area contributed by atoms with Gasteiger partial charge in [-0.3, -0.25) is 9.39 Å². The lowest BCUT2D eigenvalue weighted by Crippen LogP contribution is -2.39. The van der Waals surface area contributed by atoms with Crippen LogP contribution in [0, 0.1) is 5.92 Å². The summed E-state index contributed by atoms with van der Waals surface area (Å²) in [5, 5.41) is 15.0. The number of fused-ring (bicyclic) bond motifs is 1. The summed E-state index contributed by atoms with van der Waals surface area (Å²) < 4.78 is 7.63. The van der Waals surface area contributed by atoms with Gasteiger partial charge in [-0.2, -0.15) is 0 Å². The minimum atomic E-state index is 0. The maximum atomic E-state index is 5.63. The molecule has 25 heavy (non-hydrogen) atoms. The Labute approximate surface area is 165 Å². The molecule has 2 heterocycles. The van der Waals surface area contributed by atoms with E-state index in [9.17, 15) is 0 Å². The summed E-state index contributed by atoms with van der Waals surface area (Å²) in [5.74, 6) is 2.59. The van der Waals surface area contributed by atoms with Crippen LogP contribution in [0.15, 0.2) is 29.4 Å². The van der Waals surface area contributed by atoms with Crippen molar-refractivity contribution in [2.24, 2.45) is 10.9 Å². The van der Waals surface area contributed by atoms with Crippen LogP contribution in [0.2, 0.25) is 0 Å².